The van der Waals surface area contributed by atoms with E-state index in [1.807, 2.05) is 0 Å². The van der Waals surface area contributed by atoms with Crippen LogP contribution in [0.3, 0.4) is 0 Å². The van der Waals surface area contributed by atoms with Gasteiger partial charge in [-0.3, -0.25) is 4.79 Å². The maximum absolute atomic E-state index is 13.4. The van der Waals surface area contributed by atoms with Crippen LogP contribution in [0.5, 0.6) is 0 Å². The standard InChI is InChI=1S/C14H9ClF3NOS.C7H14O/c1-6-10(5-9(16)13(18)12(6)17)19-14(20)7-2-3-8(15)11(21)4-7;1-6-2-4-7(8)5-3-6/h2-5,21H,1H3,(H,19,20);6-8H,2-5H2,1H3. The highest BCUT2D eigenvalue weighted by atomic mass is 35.5. The molecule has 0 aliphatic heterocycles. The topological polar surface area (TPSA) is 49.3 Å². The normalized spacial score (nSPS) is 18.6. The number of thiol groups is 1. The second-order valence-corrected chi connectivity index (χ2v) is 8.08. The molecule has 1 saturated carbocycles. The fourth-order valence-corrected chi connectivity index (χ4v) is 3.24. The van der Waals surface area contributed by atoms with Crippen molar-refractivity contribution in [3.63, 3.8) is 0 Å². The van der Waals surface area contributed by atoms with Gasteiger partial charge in [0.05, 0.1) is 11.1 Å². The molecule has 0 atom stereocenters. The molecule has 0 saturated heterocycles. The maximum atomic E-state index is 13.4. The quantitative estimate of drug-likeness (QED) is 0.382. The predicted molar refractivity (Wildman–Crippen MR) is 111 cm³/mol. The molecule has 1 aliphatic carbocycles. The highest BCUT2D eigenvalue weighted by Crippen LogP contribution is 2.25. The molecule has 158 valence electrons. The second-order valence-electron chi connectivity index (χ2n) is 7.19. The van der Waals surface area contributed by atoms with Crippen molar-refractivity contribution >= 4 is 35.8 Å². The van der Waals surface area contributed by atoms with Crippen LogP contribution in [0.15, 0.2) is 29.2 Å². The highest BCUT2D eigenvalue weighted by Gasteiger charge is 2.18. The van der Waals surface area contributed by atoms with E-state index in [1.165, 1.54) is 38.0 Å². The third-order valence-corrected chi connectivity index (χ3v) is 5.68. The van der Waals surface area contributed by atoms with Crippen molar-refractivity contribution in [2.75, 3.05) is 5.32 Å². The Labute approximate surface area is 178 Å². The van der Waals surface area contributed by atoms with Crippen LogP contribution < -0.4 is 5.32 Å². The molecule has 0 radical (unpaired) electrons. The van der Waals surface area contributed by atoms with Gasteiger partial charge in [-0.2, -0.15) is 0 Å². The van der Waals surface area contributed by atoms with Crippen molar-refractivity contribution in [2.45, 2.75) is 50.5 Å². The zero-order valence-corrected chi connectivity index (χ0v) is 17.8. The van der Waals surface area contributed by atoms with Gasteiger partial charge in [-0.1, -0.05) is 18.5 Å². The molecule has 0 unspecified atom stereocenters. The number of halogens is 4. The van der Waals surface area contributed by atoms with E-state index in [-0.39, 0.29) is 22.9 Å². The first-order valence-electron chi connectivity index (χ1n) is 9.22. The molecule has 1 amide bonds. The van der Waals surface area contributed by atoms with Crippen LogP contribution in [0.1, 0.15) is 48.5 Å². The summed E-state index contributed by atoms with van der Waals surface area (Å²) in [5, 5.41) is 11.7. The Bertz CT molecular complexity index is 877. The minimum atomic E-state index is -1.57. The zero-order valence-electron chi connectivity index (χ0n) is 16.1. The molecule has 1 aliphatic rings. The smallest absolute Gasteiger partial charge is 0.255 e. The number of nitrogens with one attached hydrogen (secondary N) is 1. The summed E-state index contributed by atoms with van der Waals surface area (Å²) in [7, 11) is 0. The van der Waals surface area contributed by atoms with Gasteiger partial charge in [0.2, 0.25) is 0 Å². The number of carbonyl (C=O) groups excluding carboxylic acids is 1. The summed E-state index contributed by atoms with van der Waals surface area (Å²) >= 11 is 9.85. The lowest BCUT2D eigenvalue weighted by atomic mass is 9.89. The Morgan fingerprint density at radius 3 is 2.31 bits per heavy atom. The fourth-order valence-electron chi connectivity index (χ4n) is 2.91. The second kappa shape index (κ2) is 10.4. The Morgan fingerprint density at radius 2 is 1.76 bits per heavy atom. The van der Waals surface area contributed by atoms with Crippen molar-refractivity contribution in [1.82, 2.24) is 0 Å². The van der Waals surface area contributed by atoms with E-state index in [0.717, 1.165) is 24.8 Å². The Morgan fingerprint density at radius 1 is 1.14 bits per heavy atom. The van der Waals surface area contributed by atoms with Crippen molar-refractivity contribution in [3.05, 3.63) is 57.9 Å². The Balaban J connectivity index is 0.000000313. The lowest BCUT2D eigenvalue weighted by Crippen LogP contribution is -2.15. The molecule has 0 heterocycles. The molecule has 2 N–H and O–H groups in total. The van der Waals surface area contributed by atoms with Crippen LogP contribution in [0.25, 0.3) is 0 Å². The van der Waals surface area contributed by atoms with E-state index in [0.29, 0.717) is 9.92 Å². The van der Waals surface area contributed by atoms with E-state index in [2.05, 4.69) is 24.9 Å². The SMILES string of the molecule is CC1CCC(O)CC1.Cc1c(NC(=O)c2ccc(Cl)c(S)c2)cc(F)c(F)c1F. The molecule has 8 heteroatoms. The van der Waals surface area contributed by atoms with Crippen LogP contribution in [-0.2, 0) is 0 Å². The molecule has 1 fully saturated rings. The van der Waals surface area contributed by atoms with Gasteiger partial charge in [0.25, 0.3) is 5.91 Å². The van der Waals surface area contributed by atoms with Crippen LogP contribution in [0, 0.1) is 30.3 Å². The van der Waals surface area contributed by atoms with E-state index >= 15 is 0 Å². The highest BCUT2D eigenvalue weighted by molar-refractivity contribution is 7.80. The van der Waals surface area contributed by atoms with E-state index in [1.54, 1.807) is 0 Å². The fraction of sp³-hybridized carbons (Fsp3) is 0.381. The summed E-state index contributed by atoms with van der Waals surface area (Å²) < 4.78 is 39.7. The van der Waals surface area contributed by atoms with Crippen LogP contribution in [0.2, 0.25) is 5.02 Å². The van der Waals surface area contributed by atoms with Gasteiger partial charge in [-0.15, -0.1) is 12.6 Å². The first kappa shape index (κ1) is 23.6. The molecule has 3 nitrogen and oxygen atoms in total. The van der Waals surface area contributed by atoms with Gasteiger partial charge in [-0.25, -0.2) is 13.2 Å². The van der Waals surface area contributed by atoms with Crippen molar-refractivity contribution in [3.8, 4) is 0 Å². The molecule has 29 heavy (non-hydrogen) atoms. The van der Waals surface area contributed by atoms with Gasteiger partial charge < -0.3 is 10.4 Å². The van der Waals surface area contributed by atoms with Crippen molar-refractivity contribution in [1.29, 1.82) is 0 Å². The number of aliphatic hydroxyl groups excluding tert-OH is 1. The number of amides is 1. The van der Waals surface area contributed by atoms with E-state index in [9.17, 15) is 18.0 Å². The Hall–Kier alpha value is -1.70. The molecular weight excluding hydrogens is 423 g/mol. The molecule has 0 spiro atoms. The number of aliphatic hydroxyl groups is 1. The molecular formula is C21H23ClF3NO2S. The number of carbonyl (C=O) groups is 1. The van der Waals surface area contributed by atoms with E-state index in [4.69, 9.17) is 16.7 Å². The monoisotopic (exact) mass is 445 g/mol. The predicted octanol–water partition coefficient (Wildman–Crippen LogP) is 6.16. The summed E-state index contributed by atoms with van der Waals surface area (Å²) in [6, 6.07) is 5.04. The minimum Gasteiger partial charge on any atom is -0.393 e. The summed E-state index contributed by atoms with van der Waals surface area (Å²) in [6.07, 6.45) is 4.52. The third-order valence-electron chi connectivity index (χ3n) is 4.85. The molecule has 2 aromatic rings. The number of rotatable bonds is 2. The molecule has 2 aromatic carbocycles. The van der Waals surface area contributed by atoms with Crippen LogP contribution in [-0.4, -0.2) is 17.1 Å². The molecule has 3 rings (SSSR count). The minimum absolute atomic E-state index is 0.0196. The summed E-state index contributed by atoms with van der Waals surface area (Å²) in [4.78, 5) is 12.4. The summed E-state index contributed by atoms with van der Waals surface area (Å²) in [6.45, 7) is 3.49. The van der Waals surface area contributed by atoms with Gasteiger partial charge >= 0.3 is 0 Å². The lowest BCUT2D eigenvalue weighted by molar-refractivity contribution is 0.102. The lowest BCUT2D eigenvalue weighted by Gasteiger charge is -2.21. The number of hydrogen-bond acceptors (Lipinski definition) is 3. The maximum Gasteiger partial charge on any atom is 0.255 e. The zero-order chi connectivity index (χ0) is 21.7. The van der Waals surface area contributed by atoms with E-state index < -0.39 is 23.4 Å². The number of hydrogen-bond donors (Lipinski definition) is 3. The third kappa shape index (κ3) is 6.39. The number of anilines is 1. The largest absolute Gasteiger partial charge is 0.393 e. The average molecular weight is 446 g/mol. The number of benzene rings is 2. The van der Waals surface area contributed by atoms with Crippen LogP contribution in [0.4, 0.5) is 18.9 Å². The summed E-state index contributed by atoms with van der Waals surface area (Å²) in [5.41, 5.74) is -0.136. The van der Waals surface area contributed by atoms with Crippen molar-refractivity contribution < 1.29 is 23.1 Å². The first-order chi connectivity index (χ1) is 13.6. The molecule has 0 aromatic heterocycles. The van der Waals surface area contributed by atoms with Crippen LogP contribution >= 0.6 is 24.2 Å². The first-order valence-corrected chi connectivity index (χ1v) is 10.0. The van der Waals surface area contributed by atoms with Gasteiger partial charge in [0.15, 0.2) is 17.5 Å². The van der Waals surface area contributed by atoms with Gasteiger partial charge in [0.1, 0.15) is 0 Å². The van der Waals surface area contributed by atoms with Gasteiger partial charge in [0, 0.05) is 27.8 Å². The Kier molecular flexibility index (Phi) is 8.43. The van der Waals surface area contributed by atoms with Gasteiger partial charge in [-0.05, 0) is 56.7 Å². The average Bonchev–Trinajstić information content (AvgIpc) is 2.69. The summed E-state index contributed by atoms with van der Waals surface area (Å²) in [5.74, 6) is -4.04. The molecule has 0 bridgehead atoms. The van der Waals surface area contributed by atoms with Crippen molar-refractivity contribution in [2.24, 2.45) is 5.92 Å².